The zero-order valence-corrected chi connectivity index (χ0v) is 16.7. The van der Waals surface area contributed by atoms with Gasteiger partial charge in [-0.25, -0.2) is 4.79 Å². The van der Waals surface area contributed by atoms with E-state index in [1.807, 2.05) is 0 Å². The average Bonchev–Trinajstić information content (AvgIpc) is 3.26. The van der Waals surface area contributed by atoms with E-state index in [4.69, 9.17) is 14.0 Å². The van der Waals surface area contributed by atoms with E-state index in [1.165, 1.54) is 6.42 Å². The number of rotatable bonds is 5. The Morgan fingerprint density at radius 3 is 2.52 bits per heavy atom. The molecule has 2 fully saturated rings. The molecule has 2 aliphatic rings. The number of esters is 1. The van der Waals surface area contributed by atoms with Crippen LogP contribution in [-0.2, 0) is 26.4 Å². The van der Waals surface area contributed by atoms with Crippen molar-refractivity contribution in [1.29, 1.82) is 0 Å². The fourth-order valence-corrected chi connectivity index (χ4v) is 3.96. The van der Waals surface area contributed by atoms with E-state index in [0.717, 1.165) is 19.3 Å². The normalized spacial score (nSPS) is 24.7. The molecule has 3 rings (SSSR count). The number of carbonyl (C=O) groups is 2. The van der Waals surface area contributed by atoms with Crippen LogP contribution < -0.4 is 5.32 Å². The van der Waals surface area contributed by atoms with Gasteiger partial charge in [0, 0.05) is 0 Å². The van der Waals surface area contributed by atoms with Crippen LogP contribution in [0.15, 0.2) is 4.52 Å². The van der Waals surface area contributed by atoms with Crippen molar-refractivity contribution in [3.05, 3.63) is 11.7 Å². The monoisotopic (exact) mass is 379 g/mol. The molecule has 0 aromatic carbocycles. The number of hydrogen-bond donors (Lipinski definition) is 1. The van der Waals surface area contributed by atoms with Gasteiger partial charge >= 0.3 is 12.1 Å². The molecule has 1 amide bonds. The number of nitrogens with zero attached hydrogens (tertiary/aromatic N) is 2. The van der Waals surface area contributed by atoms with Crippen molar-refractivity contribution < 1.29 is 23.6 Å². The van der Waals surface area contributed by atoms with Crippen molar-refractivity contribution in [2.24, 2.45) is 17.8 Å². The molecule has 1 heterocycles. The molecule has 0 unspecified atom stereocenters. The Bertz CT molecular complexity index is 706. The third-order valence-corrected chi connectivity index (χ3v) is 5.22. The third kappa shape index (κ3) is 4.78. The maximum absolute atomic E-state index is 12.3. The average molecular weight is 379 g/mol. The zero-order chi connectivity index (χ0) is 19.8. The standard InChI is InChI=1S/C19H29N3O5/c1-18(2,3)26-17(24)21-19(4,5)16-20-14(27-22-16)10-25-15(23)13-9-11-6-7-12(13)8-11/h11-13H,6-10H2,1-5H3,(H,21,24)/t11-,12-,13+/m0/s1. The predicted octanol–water partition coefficient (Wildman–Crippen LogP) is 3.31. The molecule has 1 aromatic rings. The first-order valence-corrected chi connectivity index (χ1v) is 9.54. The summed E-state index contributed by atoms with van der Waals surface area (Å²) in [5, 5.41) is 6.62. The number of nitrogens with one attached hydrogen (secondary N) is 1. The van der Waals surface area contributed by atoms with E-state index in [0.29, 0.717) is 17.7 Å². The van der Waals surface area contributed by atoms with Gasteiger partial charge in [0.2, 0.25) is 0 Å². The van der Waals surface area contributed by atoms with Gasteiger partial charge in [0.25, 0.3) is 5.89 Å². The van der Waals surface area contributed by atoms with E-state index in [9.17, 15) is 9.59 Å². The van der Waals surface area contributed by atoms with Crippen LogP contribution in [0.4, 0.5) is 4.79 Å². The molecule has 8 nitrogen and oxygen atoms in total. The van der Waals surface area contributed by atoms with Gasteiger partial charge < -0.3 is 19.3 Å². The van der Waals surface area contributed by atoms with Gasteiger partial charge in [-0.15, -0.1) is 0 Å². The molecule has 0 radical (unpaired) electrons. The highest BCUT2D eigenvalue weighted by atomic mass is 16.6. The second kappa shape index (κ2) is 7.13. The van der Waals surface area contributed by atoms with Gasteiger partial charge in [-0.2, -0.15) is 4.98 Å². The lowest BCUT2D eigenvalue weighted by Crippen LogP contribution is -2.44. The van der Waals surface area contributed by atoms with Gasteiger partial charge in [-0.3, -0.25) is 4.79 Å². The van der Waals surface area contributed by atoms with Gasteiger partial charge in [0.15, 0.2) is 12.4 Å². The number of fused-ring (bicyclic) bond motifs is 2. The number of ether oxygens (including phenoxy) is 2. The fourth-order valence-electron chi connectivity index (χ4n) is 3.96. The molecule has 0 spiro atoms. The topological polar surface area (TPSA) is 104 Å². The summed E-state index contributed by atoms with van der Waals surface area (Å²) in [6.07, 6.45) is 3.88. The van der Waals surface area contributed by atoms with Gasteiger partial charge in [0.1, 0.15) is 11.1 Å². The Morgan fingerprint density at radius 1 is 1.19 bits per heavy atom. The third-order valence-electron chi connectivity index (χ3n) is 5.22. The van der Waals surface area contributed by atoms with Crippen LogP contribution >= 0.6 is 0 Å². The number of carbonyl (C=O) groups excluding carboxylic acids is 2. The van der Waals surface area contributed by atoms with Crippen LogP contribution in [0.3, 0.4) is 0 Å². The van der Waals surface area contributed by atoms with Crippen LogP contribution in [0.1, 0.15) is 72.0 Å². The predicted molar refractivity (Wildman–Crippen MR) is 95.4 cm³/mol. The maximum Gasteiger partial charge on any atom is 0.408 e. The Hall–Kier alpha value is -2.12. The summed E-state index contributed by atoms with van der Waals surface area (Å²) in [5.74, 6) is 1.49. The van der Waals surface area contributed by atoms with Crippen molar-refractivity contribution in [3.8, 4) is 0 Å². The molecule has 1 aromatic heterocycles. The summed E-state index contributed by atoms with van der Waals surface area (Å²) >= 11 is 0. The zero-order valence-electron chi connectivity index (χ0n) is 16.7. The molecule has 8 heteroatoms. The van der Waals surface area contributed by atoms with Gasteiger partial charge in [-0.1, -0.05) is 11.6 Å². The summed E-state index contributed by atoms with van der Waals surface area (Å²) in [4.78, 5) is 28.5. The van der Waals surface area contributed by atoms with Gasteiger partial charge in [0.05, 0.1) is 5.92 Å². The van der Waals surface area contributed by atoms with Crippen LogP contribution in [0, 0.1) is 17.8 Å². The Kier molecular flexibility index (Phi) is 5.18. The molecular weight excluding hydrogens is 350 g/mol. The largest absolute Gasteiger partial charge is 0.455 e. The van der Waals surface area contributed by atoms with E-state index in [-0.39, 0.29) is 24.4 Å². The minimum absolute atomic E-state index is 0.0106. The van der Waals surface area contributed by atoms with E-state index in [1.54, 1.807) is 34.6 Å². The first-order chi connectivity index (χ1) is 12.5. The van der Waals surface area contributed by atoms with Crippen molar-refractivity contribution >= 4 is 12.1 Å². The molecule has 27 heavy (non-hydrogen) atoms. The van der Waals surface area contributed by atoms with Crippen LogP contribution in [0.25, 0.3) is 0 Å². The lowest BCUT2D eigenvalue weighted by Gasteiger charge is -2.26. The molecule has 2 saturated carbocycles. The molecule has 0 aliphatic heterocycles. The lowest BCUT2D eigenvalue weighted by molar-refractivity contribution is -0.152. The Balaban J connectivity index is 1.52. The number of aromatic nitrogens is 2. The molecule has 150 valence electrons. The number of alkyl carbamates (subject to hydrolysis) is 1. The second-order valence-electron chi connectivity index (χ2n) is 9.15. The van der Waals surface area contributed by atoms with Crippen molar-refractivity contribution in [2.45, 2.75) is 78.0 Å². The summed E-state index contributed by atoms with van der Waals surface area (Å²) in [7, 11) is 0. The lowest BCUT2D eigenvalue weighted by atomic mass is 9.89. The highest BCUT2D eigenvalue weighted by molar-refractivity contribution is 5.73. The minimum Gasteiger partial charge on any atom is -0.455 e. The van der Waals surface area contributed by atoms with Crippen LogP contribution in [-0.4, -0.2) is 27.8 Å². The first-order valence-electron chi connectivity index (χ1n) is 9.54. The van der Waals surface area contributed by atoms with Crippen LogP contribution in [0.5, 0.6) is 0 Å². The molecule has 0 saturated heterocycles. The fraction of sp³-hybridized carbons (Fsp3) is 0.789. The molecule has 3 atom stereocenters. The highest BCUT2D eigenvalue weighted by Gasteiger charge is 2.44. The molecule has 2 bridgehead atoms. The first kappa shape index (κ1) is 19.6. The minimum atomic E-state index is -0.890. The highest BCUT2D eigenvalue weighted by Crippen LogP contribution is 2.48. The number of amides is 1. The van der Waals surface area contributed by atoms with Gasteiger partial charge in [-0.05, 0) is 65.7 Å². The smallest absolute Gasteiger partial charge is 0.408 e. The Labute approximate surface area is 159 Å². The number of hydrogen-bond acceptors (Lipinski definition) is 7. The van der Waals surface area contributed by atoms with Crippen molar-refractivity contribution in [3.63, 3.8) is 0 Å². The van der Waals surface area contributed by atoms with E-state index < -0.39 is 17.2 Å². The summed E-state index contributed by atoms with van der Waals surface area (Å²) in [5.41, 5.74) is -1.49. The summed E-state index contributed by atoms with van der Waals surface area (Å²) < 4.78 is 15.8. The summed E-state index contributed by atoms with van der Waals surface area (Å²) in [6.45, 7) is 8.80. The molecule has 1 N–H and O–H groups in total. The van der Waals surface area contributed by atoms with E-state index >= 15 is 0 Å². The molecular formula is C19H29N3O5. The SMILES string of the molecule is CC(C)(C)OC(=O)NC(C)(C)c1noc(COC(=O)[C@@H]2C[C@H]3CC[C@H]2C3)n1. The summed E-state index contributed by atoms with van der Waals surface area (Å²) in [6, 6.07) is 0. The molecule has 2 aliphatic carbocycles. The van der Waals surface area contributed by atoms with Crippen molar-refractivity contribution in [1.82, 2.24) is 15.5 Å². The van der Waals surface area contributed by atoms with Crippen LogP contribution in [0.2, 0.25) is 0 Å². The Morgan fingerprint density at radius 2 is 1.93 bits per heavy atom. The quantitative estimate of drug-likeness (QED) is 0.783. The second-order valence-corrected chi connectivity index (χ2v) is 9.15. The van der Waals surface area contributed by atoms with E-state index in [2.05, 4.69) is 15.5 Å². The maximum atomic E-state index is 12.3. The van der Waals surface area contributed by atoms with Crippen molar-refractivity contribution in [2.75, 3.05) is 0 Å².